The number of halogens is 9. The highest BCUT2D eigenvalue weighted by Gasteiger charge is 2.22. The predicted octanol–water partition coefficient (Wildman–Crippen LogP) is 9.07. The van der Waals surface area contributed by atoms with Crippen LogP contribution in [0.4, 0.5) is 35.1 Å². The second-order valence-electron chi connectivity index (χ2n) is 10.9. The Bertz CT molecular complexity index is 1700. The number of hydrogen-bond donors (Lipinski definition) is 0. The van der Waals surface area contributed by atoms with Crippen molar-refractivity contribution in [1.29, 1.82) is 0 Å². The molecule has 0 aliphatic rings. The molecule has 4 aromatic carbocycles. The summed E-state index contributed by atoms with van der Waals surface area (Å²) in [7, 11) is -1.72. The summed E-state index contributed by atoms with van der Waals surface area (Å²) in [5, 5.41) is -0.148. The van der Waals surface area contributed by atoms with Gasteiger partial charge in [0.15, 0.2) is 52.3 Å². The standard InChI is InChI=1S/C15H10F4O.C9H7ClF2O.C9H12F2Si/c1-8-5-6-9(14(18)13(8)17)7-12(20)10-3-2-4-11(16)15(10)19;1-5-2-3-6(4-7(10)13)9(12)8(5)11;1-12(2,3)8-6-4-5-7(10)9(8)11/h2-6H,7H2,1H3;2-3H,4H2,1H3;4-6H,1-3H3. The average Bonchev–Trinajstić information content (AvgIpc) is 2.96. The van der Waals surface area contributed by atoms with Gasteiger partial charge in [-0.2, -0.15) is 0 Å². The summed E-state index contributed by atoms with van der Waals surface area (Å²) in [5.74, 6) is -8.78. The third kappa shape index (κ3) is 10.1. The number of aryl methyl sites for hydroxylation is 2. The summed E-state index contributed by atoms with van der Waals surface area (Å²) in [4.78, 5) is 22.3. The van der Waals surface area contributed by atoms with Gasteiger partial charge in [0.1, 0.15) is 0 Å². The Kier molecular flexibility index (Phi) is 13.2. The zero-order chi connectivity index (χ0) is 34.2. The van der Waals surface area contributed by atoms with Crippen LogP contribution in [-0.4, -0.2) is 19.1 Å². The van der Waals surface area contributed by atoms with E-state index in [9.17, 15) is 44.7 Å². The van der Waals surface area contributed by atoms with Gasteiger partial charge in [-0.05, 0) is 71.1 Å². The van der Waals surface area contributed by atoms with E-state index >= 15 is 0 Å². The molecule has 0 atom stereocenters. The van der Waals surface area contributed by atoms with Gasteiger partial charge in [-0.3, -0.25) is 9.59 Å². The summed E-state index contributed by atoms with van der Waals surface area (Å²) in [6, 6.07) is 12.9. The van der Waals surface area contributed by atoms with Crippen LogP contribution in [0, 0.1) is 60.4 Å². The van der Waals surface area contributed by atoms with Crippen molar-refractivity contribution >= 4 is 35.9 Å². The van der Waals surface area contributed by atoms with E-state index in [4.69, 9.17) is 11.6 Å². The second-order valence-corrected chi connectivity index (χ2v) is 16.4. The fraction of sp³-hybridized carbons (Fsp3) is 0.212. The summed E-state index contributed by atoms with van der Waals surface area (Å²) in [6.45, 7) is 8.81. The first kappa shape index (κ1) is 37.4. The molecule has 0 fully saturated rings. The van der Waals surface area contributed by atoms with Gasteiger partial charge in [-0.15, -0.1) is 0 Å². The zero-order valence-corrected chi connectivity index (χ0v) is 26.7. The van der Waals surface area contributed by atoms with Crippen molar-refractivity contribution in [3.63, 3.8) is 0 Å². The van der Waals surface area contributed by atoms with Crippen molar-refractivity contribution in [2.24, 2.45) is 0 Å². The highest BCUT2D eigenvalue weighted by Crippen LogP contribution is 2.20. The first-order chi connectivity index (χ1) is 20.9. The van der Waals surface area contributed by atoms with Gasteiger partial charge in [0.25, 0.3) is 0 Å². The van der Waals surface area contributed by atoms with E-state index in [0.717, 1.165) is 18.2 Å². The molecule has 4 aromatic rings. The Balaban J connectivity index is 0.000000247. The van der Waals surface area contributed by atoms with Crippen LogP contribution in [0.3, 0.4) is 0 Å². The molecule has 0 aromatic heterocycles. The van der Waals surface area contributed by atoms with Crippen molar-refractivity contribution in [1.82, 2.24) is 0 Å². The third-order valence-corrected chi connectivity index (χ3v) is 8.54. The lowest BCUT2D eigenvalue weighted by Crippen LogP contribution is -2.40. The quantitative estimate of drug-likeness (QED) is 0.0887. The number of rotatable bonds is 6. The van der Waals surface area contributed by atoms with E-state index in [1.54, 1.807) is 12.1 Å². The first-order valence-corrected chi connectivity index (χ1v) is 17.2. The summed E-state index contributed by atoms with van der Waals surface area (Å²) in [5.41, 5.74) is -0.367. The monoisotopic (exact) mass is 672 g/mol. The van der Waals surface area contributed by atoms with E-state index in [2.05, 4.69) is 0 Å². The van der Waals surface area contributed by atoms with Gasteiger partial charge in [0.2, 0.25) is 5.24 Å². The Morgan fingerprint density at radius 2 is 1.02 bits per heavy atom. The second kappa shape index (κ2) is 15.9. The largest absolute Gasteiger partial charge is 0.294 e. The molecule has 0 bridgehead atoms. The molecule has 0 amide bonds. The summed E-state index contributed by atoms with van der Waals surface area (Å²) >= 11 is 5.05. The van der Waals surface area contributed by atoms with Gasteiger partial charge in [-0.1, -0.05) is 62.1 Å². The van der Waals surface area contributed by atoms with Gasteiger partial charge in [0, 0.05) is 12.8 Å². The molecule has 4 rings (SSSR count). The minimum absolute atomic E-state index is 0.0110. The van der Waals surface area contributed by atoms with Gasteiger partial charge in [-0.25, -0.2) is 35.1 Å². The molecule has 0 spiro atoms. The maximum atomic E-state index is 13.6. The molecule has 45 heavy (non-hydrogen) atoms. The Hall–Kier alpha value is -3.83. The fourth-order valence-electron chi connectivity index (χ4n) is 3.87. The highest BCUT2D eigenvalue weighted by molar-refractivity contribution is 6.88. The molecule has 0 heterocycles. The SMILES string of the molecule is C[Si](C)(C)c1cccc(F)c1F.Cc1ccc(CC(=O)Cl)c(F)c1F.Cc1ccc(CC(=O)c2cccc(F)c2F)c(F)c1F. The van der Waals surface area contributed by atoms with E-state index < -0.39 is 77.6 Å². The number of carbonyl (C=O) groups is 2. The molecule has 0 aliphatic heterocycles. The number of ketones is 1. The smallest absolute Gasteiger partial charge is 0.226 e. The van der Waals surface area contributed by atoms with Gasteiger partial charge in [0.05, 0.1) is 13.6 Å². The Morgan fingerprint density at radius 1 is 0.578 bits per heavy atom. The van der Waals surface area contributed by atoms with Crippen molar-refractivity contribution in [3.05, 3.63) is 135 Å². The molecule has 0 unspecified atom stereocenters. The molecule has 2 nitrogen and oxygen atoms in total. The Morgan fingerprint density at radius 3 is 1.47 bits per heavy atom. The Labute approximate surface area is 261 Å². The normalized spacial score (nSPS) is 10.8. The molecule has 0 saturated carbocycles. The van der Waals surface area contributed by atoms with Crippen LogP contribution in [0.5, 0.6) is 0 Å². The van der Waals surface area contributed by atoms with Crippen molar-refractivity contribution in [2.75, 3.05) is 0 Å². The number of hydrogen-bond acceptors (Lipinski definition) is 2. The summed E-state index contributed by atoms with van der Waals surface area (Å²) in [6.07, 6.45) is -0.825. The average molecular weight is 673 g/mol. The van der Waals surface area contributed by atoms with E-state index in [1.807, 2.05) is 19.6 Å². The minimum atomic E-state index is -1.72. The molecule has 0 radical (unpaired) electrons. The lowest BCUT2D eigenvalue weighted by Gasteiger charge is -2.17. The molecular formula is C33H29ClF8O2Si. The van der Waals surface area contributed by atoms with Gasteiger partial charge < -0.3 is 0 Å². The number of carbonyl (C=O) groups excluding carboxylic acids is 2. The van der Waals surface area contributed by atoms with Crippen molar-refractivity contribution in [2.45, 2.75) is 46.3 Å². The van der Waals surface area contributed by atoms with Crippen LogP contribution >= 0.6 is 11.6 Å². The maximum absolute atomic E-state index is 13.6. The molecular weight excluding hydrogens is 644 g/mol. The first-order valence-electron chi connectivity index (χ1n) is 13.3. The van der Waals surface area contributed by atoms with Gasteiger partial charge >= 0.3 is 0 Å². The fourth-order valence-corrected chi connectivity index (χ4v) is 5.38. The lowest BCUT2D eigenvalue weighted by molar-refractivity contribution is -0.111. The van der Waals surface area contributed by atoms with Crippen molar-refractivity contribution < 1.29 is 44.7 Å². The molecule has 12 heteroatoms. The van der Waals surface area contributed by atoms with Crippen LogP contribution in [0.2, 0.25) is 19.6 Å². The molecule has 0 saturated heterocycles. The highest BCUT2D eigenvalue weighted by atomic mass is 35.5. The van der Waals surface area contributed by atoms with Crippen LogP contribution < -0.4 is 5.19 Å². The third-order valence-electron chi connectivity index (χ3n) is 6.40. The lowest BCUT2D eigenvalue weighted by atomic mass is 10.0. The van der Waals surface area contributed by atoms with Crippen molar-refractivity contribution in [3.8, 4) is 0 Å². The van der Waals surface area contributed by atoms with Crippen LogP contribution in [0.1, 0.15) is 32.6 Å². The van der Waals surface area contributed by atoms with E-state index in [1.165, 1.54) is 44.2 Å². The van der Waals surface area contributed by atoms with Crippen LogP contribution in [0.15, 0.2) is 60.7 Å². The number of Topliss-reactive ketones (excluding diaryl/α,β-unsaturated/α-hetero) is 1. The van der Waals surface area contributed by atoms with Crippen LogP contribution in [0.25, 0.3) is 0 Å². The predicted molar refractivity (Wildman–Crippen MR) is 160 cm³/mol. The minimum Gasteiger partial charge on any atom is -0.294 e. The molecule has 0 aliphatic carbocycles. The molecule has 0 N–H and O–H groups in total. The summed E-state index contributed by atoms with van der Waals surface area (Å²) < 4.78 is 105. The number of benzene rings is 4. The zero-order valence-electron chi connectivity index (χ0n) is 24.9. The van der Waals surface area contributed by atoms with Crippen LogP contribution in [-0.2, 0) is 17.6 Å². The van der Waals surface area contributed by atoms with E-state index in [-0.39, 0.29) is 28.7 Å². The topological polar surface area (TPSA) is 34.1 Å². The molecule has 240 valence electrons. The maximum Gasteiger partial charge on any atom is 0.226 e. The van der Waals surface area contributed by atoms with E-state index in [0.29, 0.717) is 5.19 Å².